The molecule has 1 saturated heterocycles. The zero-order valence-electron chi connectivity index (χ0n) is 22.6. The van der Waals surface area contributed by atoms with Crippen LogP contribution >= 0.6 is 0 Å². The smallest absolute Gasteiger partial charge is 0.335 e. The van der Waals surface area contributed by atoms with Crippen LogP contribution in [0.4, 0.5) is 5.69 Å². The third kappa shape index (κ3) is 3.02. The molecule has 0 unspecified atom stereocenters. The fourth-order valence-electron chi connectivity index (χ4n) is 9.99. The average molecular weight is 520 g/mol. The average Bonchev–Trinajstić information content (AvgIpc) is 3.15. The van der Waals surface area contributed by atoms with E-state index in [9.17, 15) is 29.4 Å². The van der Waals surface area contributed by atoms with Crippen LogP contribution in [0.5, 0.6) is 0 Å². The number of nitrogens with zero attached hydrogens (tertiary/aromatic N) is 1. The number of carbonyl (C=O) groups is 4. The van der Waals surface area contributed by atoms with E-state index < -0.39 is 34.6 Å². The van der Waals surface area contributed by atoms with Crippen molar-refractivity contribution >= 4 is 29.4 Å². The molecule has 7 nitrogen and oxygen atoms in total. The highest BCUT2D eigenvalue weighted by Crippen LogP contribution is 2.74. The minimum absolute atomic E-state index is 0.0288. The quantitative estimate of drug-likeness (QED) is 0.407. The molecule has 8 atom stereocenters. The van der Waals surface area contributed by atoms with Gasteiger partial charge in [-0.3, -0.25) is 14.4 Å². The monoisotopic (exact) mass is 519 g/mol. The SMILES string of the molecule is CC(C)C1=C[C@@]23CC[C@H]4[C@](C)(CCC[C@@]4(C)C(=O)O)[C@@H]2C[C@H]1[C@@H]1C(=O)N(c2cccc(C(=O)O)c2)C(=O)[C@H]13. The molecule has 0 radical (unpaired) electrons. The van der Waals surface area contributed by atoms with Gasteiger partial charge in [-0.15, -0.1) is 0 Å². The second kappa shape index (κ2) is 8.03. The van der Waals surface area contributed by atoms with Crippen LogP contribution in [-0.2, 0) is 14.4 Å². The van der Waals surface area contributed by atoms with Crippen molar-refractivity contribution in [2.24, 2.45) is 51.8 Å². The van der Waals surface area contributed by atoms with E-state index in [4.69, 9.17) is 0 Å². The predicted octanol–water partition coefficient (Wildman–Crippen LogP) is 5.40. The van der Waals surface area contributed by atoms with Crippen LogP contribution in [0, 0.1) is 51.8 Å². The van der Waals surface area contributed by atoms with Crippen LogP contribution in [0.1, 0.15) is 76.6 Å². The van der Waals surface area contributed by atoms with Crippen molar-refractivity contribution in [2.75, 3.05) is 4.90 Å². The number of aromatic carboxylic acids is 1. The minimum Gasteiger partial charge on any atom is -0.481 e. The third-order valence-electron chi connectivity index (χ3n) is 11.5. The zero-order chi connectivity index (χ0) is 27.4. The van der Waals surface area contributed by atoms with Crippen molar-refractivity contribution in [2.45, 2.75) is 66.2 Å². The third-order valence-corrected chi connectivity index (χ3v) is 11.5. The van der Waals surface area contributed by atoms with Crippen molar-refractivity contribution in [1.82, 2.24) is 0 Å². The van der Waals surface area contributed by atoms with Crippen LogP contribution in [0.3, 0.4) is 0 Å². The van der Waals surface area contributed by atoms with Gasteiger partial charge in [0.1, 0.15) is 0 Å². The fourth-order valence-corrected chi connectivity index (χ4v) is 9.99. The topological polar surface area (TPSA) is 112 Å². The van der Waals surface area contributed by atoms with E-state index in [2.05, 4.69) is 26.8 Å². The molecule has 0 aromatic heterocycles. The Kier molecular flexibility index (Phi) is 5.35. The number of hydrogen-bond acceptors (Lipinski definition) is 4. The van der Waals surface area contributed by atoms with Gasteiger partial charge in [0.25, 0.3) is 0 Å². The Hall–Kier alpha value is -2.96. The van der Waals surface area contributed by atoms with E-state index in [1.54, 1.807) is 12.1 Å². The molecule has 1 aliphatic heterocycles. The van der Waals surface area contributed by atoms with Crippen molar-refractivity contribution in [3.63, 3.8) is 0 Å². The van der Waals surface area contributed by atoms with Crippen LogP contribution in [0.25, 0.3) is 0 Å². The first-order valence-corrected chi connectivity index (χ1v) is 14.0. The molecule has 6 aliphatic rings. The molecule has 1 aromatic rings. The van der Waals surface area contributed by atoms with Crippen molar-refractivity contribution in [3.05, 3.63) is 41.5 Å². The Bertz CT molecular complexity index is 1300. The van der Waals surface area contributed by atoms with Crippen molar-refractivity contribution < 1.29 is 29.4 Å². The van der Waals surface area contributed by atoms with Gasteiger partial charge in [-0.25, -0.2) is 9.69 Å². The van der Waals surface area contributed by atoms with Crippen LogP contribution in [0.15, 0.2) is 35.9 Å². The number of rotatable bonds is 4. The molecule has 7 rings (SSSR count). The Morgan fingerprint density at radius 1 is 1.03 bits per heavy atom. The van der Waals surface area contributed by atoms with E-state index >= 15 is 0 Å². The number of carbonyl (C=O) groups excluding carboxylic acids is 2. The fraction of sp³-hybridized carbons (Fsp3) is 0.613. The first-order valence-electron chi connectivity index (χ1n) is 14.0. The summed E-state index contributed by atoms with van der Waals surface area (Å²) >= 11 is 0. The number of fused-ring (bicyclic) bond motifs is 1. The van der Waals surface area contributed by atoms with Crippen molar-refractivity contribution in [1.29, 1.82) is 0 Å². The lowest BCUT2D eigenvalue weighted by Crippen LogP contribution is -2.65. The number of allylic oxidation sites excluding steroid dienone is 2. The number of anilines is 1. The number of amides is 2. The second-order valence-electron chi connectivity index (χ2n) is 13.4. The van der Waals surface area contributed by atoms with Crippen LogP contribution in [-0.4, -0.2) is 34.0 Å². The summed E-state index contributed by atoms with van der Waals surface area (Å²) in [4.78, 5) is 53.8. The zero-order valence-corrected chi connectivity index (χ0v) is 22.6. The van der Waals surface area contributed by atoms with E-state index in [1.165, 1.54) is 22.6 Å². The van der Waals surface area contributed by atoms with Gasteiger partial charge in [0.05, 0.1) is 28.5 Å². The van der Waals surface area contributed by atoms with E-state index in [0.717, 1.165) is 25.7 Å². The van der Waals surface area contributed by atoms with E-state index in [-0.39, 0.29) is 46.5 Å². The molecule has 4 fully saturated rings. The Morgan fingerprint density at radius 3 is 2.42 bits per heavy atom. The first-order chi connectivity index (χ1) is 17.9. The first kappa shape index (κ1) is 25.3. The number of aliphatic carboxylic acids is 1. The normalized spacial score (nSPS) is 41.4. The highest BCUT2D eigenvalue weighted by atomic mass is 16.4. The van der Waals surface area contributed by atoms with Crippen molar-refractivity contribution in [3.8, 4) is 0 Å². The Balaban J connectivity index is 1.48. The summed E-state index contributed by atoms with van der Waals surface area (Å²) in [7, 11) is 0. The summed E-state index contributed by atoms with van der Waals surface area (Å²) in [5.74, 6) is -2.89. The molecule has 2 amide bonds. The maximum atomic E-state index is 14.3. The molecule has 1 spiro atoms. The Labute approximate surface area is 223 Å². The van der Waals surface area contributed by atoms with Gasteiger partial charge in [0.2, 0.25) is 11.8 Å². The number of carboxylic acids is 2. The molecule has 5 aliphatic carbocycles. The molecule has 38 heavy (non-hydrogen) atoms. The largest absolute Gasteiger partial charge is 0.481 e. The molecule has 1 aromatic carbocycles. The number of hydrogen-bond donors (Lipinski definition) is 2. The van der Waals surface area contributed by atoms with Gasteiger partial charge in [-0.2, -0.15) is 0 Å². The number of imide groups is 1. The molecule has 2 bridgehead atoms. The molecular formula is C31H37NO6. The summed E-state index contributed by atoms with van der Waals surface area (Å²) in [5, 5.41) is 19.8. The van der Waals surface area contributed by atoms with Gasteiger partial charge >= 0.3 is 11.9 Å². The number of carboxylic acid groups (broad SMARTS) is 2. The molecule has 3 saturated carbocycles. The van der Waals surface area contributed by atoms with Gasteiger partial charge < -0.3 is 10.2 Å². The van der Waals surface area contributed by atoms with E-state index in [1.807, 2.05) is 6.92 Å². The minimum atomic E-state index is -1.10. The number of benzene rings is 1. The highest BCUT2D eigenvalue weighted by Gasteiger charge is 2.73. The van der Waals surface area contributed by atoms with Gasteiger partial charge in [-0.1, -0.05) is 44.9 Å². The standard InChI is InChI=1S/C31H37NO6/c1-16(2)20-15-31-12-9-21-29(3,10-6-11-30(21,4)28(37)38)22(31)14-19(20)23-24(31)26(34)32(25(23)33)18-8-5-7-17(13-18)27(35)36/h5,7-8,13,15-16,19,21-24H,6,9-12,14H2,1-4H3,(H,35,36)(H,37,38)/t19-,21+,22+,23+,24+,29+,30-,31+/m1/s1. The van der Waals surface area contributed by atoms with Crippen LogP contribution < -0.4 is 4.90 Å². The summed E-state index contributed by atoms with van der Waals surface area (Å²) in [5.41, 5.74) is 0.112. The molecule has 2 N–H and O–H groups in total. The van der Waals surface area contributed by atoms with Gasteiger partial charge in [0, 0.05) is 5.41 Å². The van der Waals surface area contributed by atoms with Gasteiger partial charge in [0.15, 0.2) is 0 Å². The molecule has 7 heteroatoms. The summed E-state index contributed by atoms with van der Waals surface area (Å²) in [6.07, 6.45) is 7.05. The predicted molar refractivity (Wildman–Crippen MR) is 140 cm³/mol. The molecular weight excluding hydrogens is 482 g/mol. The highest BCUT2D eigenvalue weighted by molar-refractivity contribution is 6.23. The summed E-state index contributed by atoms with van der Waals surface area (Å²) in [6.45, 7) is 8.48. The lowest BCUT2D eigenvalue weighted by molar-refractivity contribution is -0.194. The lowest BCUT2D eigenvalue weighted by atomic mass is 9.34. The van der Waals surface area contributed by atoms with Gasteiger partial charge in [-0.05, 0) is 86.3 Å². The van der Waals surface area contributed by atoms with E-state index in [0.29, 0.717) is 18.5 Å². The maximum absolute atomic E-state index is 14.3. The lowest BCUT2D eigenvalue weighted by Gasteiger charge is -2.68. The Morgan fingerprint density at radius 2 is 1.76 bits per heavy atom. The summed E-state index contributed by atoms with van der Waals surface area (Å²) < 4.78 is 0. The van der Waals surface area contributed by atoms with Crippen LogP contribution in [0.2, 0.25) is 0 Å². The maximum Gasteiger partial charge on any atom is 0.335 e. The summed E-state index contributed by atoms with van der Waals surface area (Å²) in [6, 6.07) is 6.10. The molecule has 1 heterocycles. The molecule has 202 valence electrons. The second-order valence-corrected chi connectivity index (χ2v) is 13.4.